The fourth-order valence-electron chi connectivity index (χ4n) is 3.01. The quantitative estimate of drug-likeness (QED) is 0.548. The lowest BCUT2D eigenvalue weighted by Gasteiger charge is -2.11. The van der Waals surface area contributed by atoms with Gasteiger partial charge in [0, 0.05) is 11.9 Å². The molecule has 2 heterocycles. The van der Waals surface area contributed by atoms with Gasteiger partial charge < -0.3 is 14.5 Å². The summed E-state index contributed by atoms with van der Waals surface area (Å²) in [7, 11) is 0. The van der Waals surface area contributed by atoms with Crippen molar-refractivity contribution in [3.05, 3.63) is 52.5 Å². The molecule has 0 fully saturated rings. The molecule has 0 radical (unpaired) electrons. The van der Waals surface area contributed by atoms with Gasteiger partial charge in [-0.25, -0.2) is 4.79 Å². The first-order chi connectivity index (χ1) is 13.9. The van der Waals surface area contributed by atoms with E-state index < -0.39 is 18.5 Å². The number of nitrogens with zero attached hydrogens (tertiary/aromatic N) is 2. The van der Waals surface area contributed by atoms with Gasteiger partial charge in [0.25, 0.3) is 5.91 Å². The van der Waals surface area contributed by atoms with Crippen molar-refractivity contribution < 1.29 is 18.7 Å². The van der Waals surface area contributed by atoms with E-state index in [0.29, 0.717) is 18.0 Å². The second-order valence-corrected chi connectivity index (χ2v) is 7.24. The van der Waals surface area contributed by atoms with Gasteiger partial charge >= 0.3 is 5.97 Å². The van der Waals surface area contributed by atoms with Crippen molar-refractivity contribution in [2.45, 2.75) is 46.2 Å². The number of esters is 1. The molecule has 1 N–H and O–H groups in total. The number of aryl methyl sites for hydroxylation is 2. The van der Waals surface area contributed by atoms with Crippen molar-refractivity contribution in [2.75, 3.05) is 6.61 Å². The molecule has 1 atom stereocenters. The van der Waals surface area contributed by atoms with Crippen molar-refractivity contribution in [1.29, 1.82) is 0 Å². The molecule has 154 valence electrons. The Labute approximate surface area is 174 Å². The van der Waals surface area contributed by atoms with Crippen LogP contribution < -0.4 is 5.32 Å². The summed E-state index contributed by atoms with van der Waals surface area (Å²) >= 11 is 6.27. The lowest BCUT2D eigenvalue weighted by Crippen LogP contribution is -2.31. The van der Waals surface area contributed by atoms with Crippen LogP contribution in [0.25, 0.3) is 11.0 Å². The van der Waals surface area contributed by atoms with E-state index in [4.69, 9.17) is 20.8 Å². The predicted octanol–water partition coefficient (Wildman–Crippen LogP) is 4.43. The number of aromatic nitrogens is 2. The average molecular weight is 418 g/mol. The molecule has 0 spiro atoms. The van der Waals surface area contributed by atoms with Crippen LogP contribution in [0.3, 0.4) is 0 Å². The molecule has 0 bridgehead atoms. The van der Waals surface area contributed by atoms with Crippen LogP contribution in [0.2, 0.25) is 5.15 Å². The van der Waals surface area contributed by atoms with Crippen molar-refractivity contribution >= 4 is 34.4 Å². The first kappa shape index (κ1) is 20.9. The Kier molecular flexibility index (Phi) is 6.59. The van der Waals surface area contributed by atoms with Crippen LogP contribution in [-0.4, -0.2) is 28.3 Å². The standard InChI is InChI=1S/C21H24ClN3O4/c1-4-5-10-25-20(22)19(14(3)24-25)21(27)28-12-18(26)23-13(2)17-11-15-8-6-7-9-16(15)29-17/h6-9,11,13H,4-5,10,12H2,1-3H3,(H,23,26)/t13-/m1/s1. The first-order valence-electron chi connectivity index (χ1n) is 9.58. The molecule has 0 aliphatic heterocycles. The number of amides is 1. The predicted molar refractivity (Wildman–Crippen MR) is 110 cm³/mol. The Morgan fingerprint density at radius 1 is 1.34 bits per heavy atom. The highest BCUT2D eigenvalue weighted by molar-refractivity contribution is 6.32. The molecular weight excluding hydrogens is 394 g/mol. The number of fused-ring (bicyclic) bond motifs is 1. The van der Waals surface area contributed by atoms with Crippen LogP contribution in [0.15, 0.2) is 34.7 Å². The molecule has 29 heavy (non-hydrogen) atoms. The average Bonchev–Trinajstić information content (AvgIpc) is 3.25. The number of hydrogen-bond donors (Lipinski definition) is 1. The highest BCUT2D eigenvalue weighted by atomic mass is 35.5. The second-order valence-electron chi connectivity index (χ2n) is 6.88. The lowest BCUT2D eigenvalue weighted by atomic mass is 10.2. The summed E-state index contributed by atoms with van der Waals surface area (Å²) < 4.78 is 12.5. The van der Waals surface area contributed by atoms with Gasteiger partial charge in [0.15, 0.2) is 6.61 Å². The van der Waals surface area contributed by atoms with E-state index in [1.165, 1.54) is 0 Å². The third-order valence-corrected chi connectivity index (χ3v) is 4.96. The van der Waals surface area contributed by atoms with Crippen molar-refractivity contribution in [1.82, 2.24) is 15.1 Å². The van der Waals surface area contributed by atoms with Crippen LogP contribution >= 0.6 is 11.6 Å². The molecule has 0 unspecified atom stereocenters. The molecule has 3 rings (SSSR count). The molecule has 3 aromatic rings. The Morgan fingerprint density at radius 3 is 2.83 bits per heavy atom. The summed E-state index contributed by atoms with van der Waals surface area (Å²) in [5, 5.41) is 8.23. The first-order valence-corrected chi connectivity index (χ1v) is 9.96. The number of carbonyl (C=O) groups excluding carboxylic acids is 2. The smallest absolute Gasteiger partial charge is 0.343 e. The molecule has 0 aliphatic carbocycles. The molecule has 1 aromatic carbocycles. The van der Waals surface area contributed by atoms with E-state index in [0.717, 1.165) is 23.8 Å². The van der Waals surface area contributed by atoms with Gasteiger partial charge in [-0.15, -0.1) is 0 Å². The van der Waals surface area contributed by atoms with Gasteiger partial charge in [0.1, 0.15) is 22.1 Å². The van der Waals surface area contributed by atoms with Gasteiger partial charge in [-0.2, -0.15) is 5.10 Å². The Morgan fingerprint density at radius 2 is 2.10 bits per heavy atom. The molecular formula is C21H24ClN3O4. The van der Waals surface area contributed by atoms with Gasteiger partial charge in [0.05, 0.1) is 11.7 Å². The number of para-hydroxylation sites is 1. The number of ether oxygens (including phenoxy) is 1. The van der Waals surface area contributed by atoms with Gasteiger partial charge in [-0.05, 0) is 32.4 Å². The number of hydrogen-bond acceptors (Lipinski definition) is 5. The summed E-state index contributed by atoms with van der Waals surface area (Å²) in [5.74, 6) is -0.470. The second kappa shape index (κ2) is 9.13. The Bertz CT molecular complexity index is 991. The Hall–Kier alpha value is -2.80. The summed E-state index contributed by atoms with van der Waals surface area (Å²) in [4.78, 5) is 24.6. The van der Waals surface area contributed by atoms with Crippen LogP contribution in [0.1, 0.15) is 54.5 Å². The monoisotopic (exact) mass is 417 g/mol. The highest BCUT2D eigenvalue weighted by Gasteiger charge is 2.23. The lowest BCUT2D eigenvalue weighted by molar-refractivity contribution is -0.125. The minimum Gasteiger partial charge on any atom is -0.459 e. The van der Waals surface area contributed by atoms with E-state index >= 15 is 0 Å². The highest BCUT2D eigenvalue weighted by Crippen LogP contribution is 2.24. The summed E-state index contributed by atoms with van der Waals surface area (Å²) in [6.07, 6.45) is 1.88. The van der Waals surface area contributed by atoms with Crippen molar-refractivity contribution in [3.63, 3.8) is 0 Å². The van der Waals surface area contributed by atoms with E-state index in [1.807, 2.05) is 30.3 Å². The zero-order chi connectivity index (χ0) is 21.0. The van der Waals surface area contributed by atoms with Crippen LogP contribution in [-0.2, 0) is 16.1 Å². The molecule has 0 aliphatic rings. The molecule has 2 aromatic heterocycles. The maximum atomic E-state index is 12.4. The number of furan rings is 1. The third kappa shape index (κ3) is 4.79. The van der Waals surface area contributed by atoms with Crippen LogP contribution in [0, 0.1) is 6.92 Å². The molecule has 0 saturated heterocycles. The Balaban J connectivity index is 1.57. The van der Waals surface area contributed by atoms with E-state index in [1.54, 1.807) is 18.5 Å². The number of rotatable bonds is 8. The van der Waals surface area contributed by atoms with Crippen molar-refractivity contribution in [2.24, 2.45) is 0 Å². The maximum Gasteiger partial charge on any atom is 0.343 e. The van der Waals surface area contributed by atoms with Gasteiger partial charge in [-0.1, -0.05) is 43.1 Å². The number of benzene rings is 1. The summed E-state index contributed by atoms with van der Waals surface area (Å²) in [6, 6.07) is 9.11. The minimum atomic E-state index is -0.665. The zero-order valence-corrected chi connectivity index (χ0v) is 17.5. The van der Waals surface area contributed by atoms with Crippen LogP contribution in [0.5, 0.6) is 0 Å². The molecule has 1 amide bonds. The summed E-state index contributed by atoms with van der Waals surface area (Å²) in [6.45, 7) is 5.76. The van der Waals surface area contributed by atoms with E-state index in [2.05, 4.69) is 17.3 Å². The number of carbonyl (C=O) groups is 2. The number of nitrogens with one attached hydrogen (secondary N) is 1. The topological polar surface area (TPSA) is 86.4 Å². The van der Waals surface area contributed by atoms with Gasteiger partial charge in [0.2, 0.25) is 0 Å². The number of unbranched alkanes of at least 4 members (excludes halogenated alkanes) is 1. The fourth-order valence-corrected chi connectivity index (χ4v) is 3.35. The van der Waals surface area contributed by atoms with Crippen LogP contribution in [0.4, 0.5) is 0 Å². The summed E-state index contributed by atoms with van der Waals surface area (Å²) in [5.41, 5.74) is 1.42. The molecule has 0 saturated carbocycles. The normalized spacial score (nSPS) is 12.1. The largest absolute Gasteiger partial charge is 0.459 e. The van der Waals surface area contributed by atoms with E-state index in [-0.39, 0.29) is 16.8 Å². The molecule has 7 nitrogen and oxygen atoms in total. The maximum absolute atomic E-state index is 12.4. The fraction of sp³-hybridized carbons (Fsp3) is 0.381. The van der Waals surface area contributed by atoms with E-state index in [9.17, 15) is 9.59 Å². The third-order valence-electron chi connectivity index (χ3n) is 4.58. The zero-order valence-electron chi connectivity index (χ0n) is 16.7. The SMILES string of the molecule is CCCCn1nc(C)c(C(=O)OCC(=O)N[C@H](C)c2cc3ccccc3o2)c1Cl. The van der Waals surface area contributed by atoms with Gasteiger partial charge in [-0.3, -0.25) is 9.48 Å². The number of halogens is 1. The minimum absolute atomic E-state index is 0.195. The molecule has 8 heteroatoms. The van der Waals surface area contributed by atoms with Crippen molar-refractivity contribution in [3.8, 4) is 0 Å².